The second kappa shape index (κ2) is 9.05. The molecular weight excluding hydrogens is 358 g/mol. The van der Waals surface area contributed by atoms with Crippen LogP contribution in [0.3, 0.4) is 0 Å². The van der Waals surface area contributed by atoms with Crippen LogP contribution in [0.15, 0.2) is 59.6 Å². The third-order valence-electron chi connectivity index (χ3n) is 5.76. The van der Waals surface area contributed by atoms with Crippen molar-refractivity contribution in [1.29, 1.82) is 5.26 Å². The summed E-state index contributed by atoms with van der Waals surface area (Å²) >= 11 is 0. The van der Waals surface area contributed by atoms with E-state index in [0.717, 1.165) is 48.1 Å². The van der Waals surface area contributed by atoms with Gasteiger partial charge in [-0.3, -0.25) is 9.79 Å². The quantitative estimate of drug-likeness (QED) is 0.662. The highest BCUT2D eigenvalue weighted by atomic mass is 16.2. The van der Waals surface area contributed by atoms with Gasteiger partial charge in [0.15, 0.2) is 0 Å². The van der Waals surface area contributed by atoms with Crippen LogP contribution >= 0.6 is 0 Å². The Morgan fingerprint density at radius 1 is 1.28 bits per heavy atom. The predicted molar refractivity (Wildman–Crippen MR) is 119 cm³/mol. The molecular formula is C25H29N3O. The lowest BCUT2D eigenvalue weighted by Gasteiger charge is -2.41. The largest absolute Gasteiger partial charge is 0.331 e. The fourth-order valence-corrected chi connectivity index (χ4v) is 4.37. The zero-order valence-corrected chi connectivity index (χ0v) is 17.4. The van der Waals surface area contributed by atoms with Crippen LogP contribution in [0, 0.1) is 11.3 Å². The average Bonchev–Trinajstić information content (AvgIpc) is 2.73. The Morgan fingerprint density at radius 2 is 2.00 bits per heavy atom. The van der Waals surface area contributed by atoms with Crippen molar-refractivity contribution in [3.8, 4) is 6.07 Å². The van der Waals surface area contributed by atoms with Crippen LogP contribution in [-0.2, 0) is 4.79 Å². The van der Waals surface area contributed by atoms with Gasteiger partial charge in [-0.25, -0.2) is 0 Å². The second-order valence-electron chi connectivity index (χ2n) is 8.10. The third kappa shape index (κ3) is 4.56. The first-order chi connectivity index (χ1) is 14.0. The summed E-state index contributed by atoms with van der Waals surface area (Å²) in [4.78, 5) is 20.0. The lowest BCUT2D eigenvalue weighted by atomic mass is 9.80. The highest BCUT2D eigenvalue weighted by Crippen LogP contribution is 2.36. The highest BCUT2D eigenvalue weighted by Gasteiger charge is 2.44. The van der Waals surface area contributed by atoms with E-state index in [1.807, 2.05) is 49.1 Å². The van der Waals surface area contributed by atoms with Crippen LogP contribution in [-0.4, -0.2) is 35.1 Å². The lowest BCUT2D eigenvalue weighted by molar-refractivity contribution is -0.137. The van der Waals surface area contributed by atoms with Gasteiger partial charge >= 0.3 is 0 Å². The number of rotatable bonds is 5. The summed E-state index contributed by atoms with van der Waals surface area (Å²) in [5.74, 6) is 0.179. The molecule has 150 valence electrons. The molecule has 1 heterocycles. The highest BCUT2D eigenvalue weighted by molar-refractivity contribution is 5.98. The van der Waals surface area contributed by atoms with Crippen molar-refractivity contribution in [3.05, 3.63) is 65.8 Å². The Balaban J connectivity index is 1.79. The number of nitrogens with zero attached hydrogens (tertiary/aromatic N) is 3. The fourth-order valence-electron chi connectivity index (χ4n) is 4.37. The van der Waals surface area contributed by atoms with Gasteiger partial charge < -0.3 is 4.90 Å². The Kier molecular flexibility index (Phi) is 6.49. The molecule has 2 aliphatic rings. The Hall–Kier alpha value is -2.93. The molecule has 1 amide bonds. The molecule has 0 aromatic heterocycles. The first kappa shape index (κ1) is 20.8. The van der Waals surface area contributed by atoms with Gasteiger partial charge in [-0.1, -0.05) is 67.8 Å². The van der Waals surface area contributed by atoms with Crippen LogP contribution in [0.25, 0.3) is 5.57 Å². The molecule has 0 atom stereocenters. The Morgan fingerprint density at radius 3 is 2.69 bits per heavy atom. The van der Waals surface area contributed by atoms with Gasteiger partial charge in [0, 0.05) is 12.3 Å². The number of amides is 1. The maximum atomic E-state index is 13.2. The van der Waals surface area contributed by atoms with Crippen molar-refractivity contribution in [2.24, 2.45) is 4.99 Å². The van der Waals surface area contributed by atoms with Gasteiger partial charge in [-0.2, -0.15) is 5.26 Å². The van der Waals surface area contributed by atoms with Crippen LogP contribution in [0.1, 0.15) is 57.1 Å². The number of carbonyl (C=O) groups excluding carboxylic acids is 1. The molecule has 4 heteroatoms. The summed E-state index contributed by atoms with van der Waals surface area (Å²) in [6.45, 7) is 9.16. The van der Waals surface area contributed by atoms with Crippen LogP contribution in [0.4, 0.5) is 0 Å². The number of carbonyl (C=O) groups is 1. The molecule has 1 aromatic rings. The van der Waals surface area contributed by atoms with Crippen LogP contribution in [0.2, 0.25) is 0 Å². The SMILES string of the molecule is C=C/C(=C\C=C(/C)CN1CC(C)=NC2(CCCCC2)C1=O)c1ccccc1C#N. The van der Waals surface area contributed by atoms with Gasteiger partial charge in [-0.15, -0.1) is 0 Å². The molecule has 1 aliphatic carbocycles. The topological polar surface area (TPSA) is 56.5 Å². The second-order valence-corrected chi connectivity index (χ2v) is 8.10. The smallest absolute Gasteiger partial charge is 0.251 e. The summed E-state index contributed by atoms with van der Waals surface area (Å²) in [5, 5.41) is 9.35. The number of benzene rings is 1. The summed E-state index contributed by atoms with van der Waals surface area (Å²) in [5.41, 5.74) is 4.01. The maximum absolute atomic E-state index is 13.2. The number of allylic oxidation sites excluding steroid dienone is 4. The van der Waals surface area contributed by atoms with E-state index in [1.54, 1.807) is 12.1 Å². The first-order valence-corrected chi connectivity index (χ1v) is 10.3. The van der Waals surface area contributed by atoms with E-state index in [4.69, 9.17) is 4.99 Å². The van der Waals surface area contributed by atoms with E-state index in [9.17, 15) is 10.1 Å². The van der Waals surface area contributed by atoms with E-state index >= 15 is 0 Å². The molecule has 1 spiro atoms. The maximum Gasteiger partial charge on any atom is 0.251 e. The van der Waals surface area contributed by atoms with Crippen molar-refractivity contribution >= 4 is 17.2 Å². The fraction of sp³-hybridized carbons (Fsp3) is 0.400. The molecule has 0 saturated heterocycles. The molecule has 0 bridgehead atoms. The minimum Gasteiger partial charge on any atom is -0.331 e. The van der Waals surface area contributed by atoms with Crippen molar-refractivity contribution in [3.63, 3.8) is 0 Å². The summed E-state index contributed by atoms with van der Waals surface area (Å²) in [6.07, 6.45) is 10.9. The Labute approximate surface area is 173 Å². The molecule has 4 nitrogen and oxygen atoms in total. The lowest BCUT2D eigenvalue weighted by Crippen LogP contribution is -2.54. The number of hydrogen-bond acceptors (Lipinski definition) is 3. The van der Waals surface area contributed by atoms with E-state index in [1.165, 1.54) is 6.42 Å². The Bertz CT molecular complexity index is 924. The van der Waals surface area contributed by atoms with Crippen molar-refractivity contribution in [2.75, 3.05) is 13.1 Å². The molecule has 0 radical (unpaired) electrons. The predicted octanol–water partition coefficient (Wildman–Crippen LogP) is 5.08. The first-order valence-electron chi connectivity index (χ1n) is 10.3. The summed E-state index contributed by atoms with van der Waals surface area (Å²) in [7, 11) is 0. The molecule has 1 fully saturated rings. The monoisotopic (exact) mass is 387 g/mol. The zero-order valence-electron chi connectivity index (χ0n) is 17.4. The van der Waals surface area contributed by atoms with E-state index in [0.29, 0.717) is 18.7 Å². The standard InChI is InChI=1S/C25H29N3O/c1-4-21(23-11-7-6-10-22(23)16-26)13-12-19(2)17-28-18-20(3)27-25(24(28)29)14-8-5-9-15-25/h4,6-7,10-13H,1,5,8-9,14-15,17-18H2,2-3H3/b19-12+,21-13+. The summed E-state index contributed by atoms with van der Waals surface area (Å²) in [6, 6.07) is 9.74. The minimum atomic E-state index is -0.519. The van der Waals surface area contributed by atoms with Crippen LogP contribution < -0.4 is 0 Å². The molecule has 1 aliphatic heterocycles. The normalized spacial score (nSPS) is 19.7. The van der Waals surface area contributed by atoms with E-state index in [-0.39, 0.29) is 5.91 Å². The molecule has 0 unspecified atom stereocenters. The number of aliphatic imine (C=N–C) groups is 1. The van der Waals surface area contributed by atoms with Crippen molar-refractivity contribution in [1.82, 2.24) is 4.90 Å². The zero-order chi connectivity index (χ0) is 20.9. The van der Waals surface area contributed by atoms with Gasteiger partial charge in [0.2, 0.25) is 0 Å². The van der Waals surface area contributed by atoms with Gasteiger partial charge in [0.1, 0.15) is 5.54 Å². The van der Waals surface area contributed by atoms with Crippen molar-refractivity contribution in [2.45, 2.75) is 51.5 Å². The van der Waals surface area contributed by atoms with Crippen LogP contribution in [0.5, 0.6) is 0 Å². The number of hydrogen-bond donors (Lipinski definition) is 0. The molecule has 1 aromatic carbocycles. The summed E-state index contributed by atoms with van der Waals surface area (Å²) < 4.78 is 0. The molecule has 0 N–H and O–H groups in total. The van der Waals surface area contributed by atoms with E-state index in [2.05, 4.69) is 12.6 Å². The third-order valence-corrected chi connectivity index (χ3v) is 5.76. The average molecular weight is 388 g/mol. The minimum absolute atomic E-state index is 0.179. The number of nitriles is 1. The van der Waals surface area contributed by atoms with E-state index < -0.39 is 5.54 Å². The molecule has 3 rings (SSSR count). The molecule has 1 saturated carbocycles. The van der Waals surface area contributed by atoms with Gasteiger partial charge in [0.25, 0.3) is 5.91 Å². The molecule has 29 heavy (non-hydrogen) atoms. The van der Waals surface area contributed by atoms with Gasteiger partial charge in [0.05, 0.1) is 18.2 Å². The van der Waals surface area contributed by atoms with Gasteiger partial charge in [-0.05, 0) is 43.9 Å². The van der Waals surface area contributed by atoms with Crippen molar-refractivity contribution < 1.29 is 4.79 Å².